The molecule has 0 N–H and O–H groups in total. The van der Waals surface area contributed by atoms with E-state index in [4.69, 9.17) is 5.26 Å². The van der Waals surface area contributed by atoms with Gasteiger partial charge in [-0.25, -0.2) is 0 Å². The van der Waals surface area contributed by atoms with Crippen molar-refractivity contribution >= 4 is 33.4 Å². The molecule has 0 saturated carbocycles. The molecule has 0 amide bonds. The summed E-state index contributed by atoms with van der Waals surface area (Å²) in [5.74, 6) is 0.131. The summed E-state index contributed by atoms with van der Waals surface area (Å²) < 4.78 is 2.30. The Labute approximate surface area is 193 Å². The number of hydrogen-bond donors (Lipinski definition) is 0. The van der Waals surface area contributed by atoms with Crippen LogP contribution in [-0.2, 0) is 29.0 Å². The van der Waals surface area contributed by atoms with Crippen LogP contribution in [0.2, 0.25) is 0 Å². The van der Waals surface area contributed by atoms with E-state index < -0.39 is 0 Å². The molecule has 0 spiro atoms. The first-order valence-corrected chi connectivity index (χ1v) is 11.2. The van der Waals surface area contributed by atoms with Gasteiger partial charge in [0.25, 0.3) is 0 Å². The topological polar surface area (TPSA) is 66.1 Å². The van der Waals surface area contributed by atoms with E-state index in [2.05, 4.69) is 47.9 Å². The number of ketones is 2. The summed E-state index contributed by atoms with van der Waals surface area (Å²) in [7, 11) is 1.80. The van der Waals surface area contributed by atoms with Crippen LogP contribution in [0.3, 0.4) is 0 Å². The van der Waals surface area contributed by atoms with E-state index in [9.17, 15) is 9.59 Å². The maximum Gasteiger partial charge on any atom is 0.151 e. The van der Waals surface area contributed by atoms with Crippen molar-refractivity contribution in [1.29, 1.82) is 5.26 Å². The molecule has 0 saturated heterocycles. The predicted octanol–water partition coefficient (Wildman–Crippen LogP) is 4.54. The Morgan fingerprint density at radius 2 is 1.45 bits per heavy atom. The Bertz CT molecular complexity index is 1360. The number of benzene rings is 3. The maximum absolute atomic E-state index is 12.7. The SMILES string of the molecule is CCn1c2ccccc2c2cc(CC(=O)CN(C)CC(=O)Cc3ccc(C#N)cc3)ccc21. The summed E-state index contributed by atoms with van der Waals surface area (Å²) in [5.41, 5.74) is 4.83. The molecule has 0 radical (unpaired) electrons. The lowest BCUT2D eigenvalue weighted by Gasteiger charge is -2.15. The maximum atomic E-state index is 12.7. The highest BCUT2D eigenvalue weighted by Crippen LogP contribution is 2.29. The number of fused-ring (bicyclic) bond motifs is 3. The average Bonchev–Trinajstić information content (AvgIpc) is 3.12. The average molecular weight is 438 g/mol. The van der Waals surface area contributed by atoms with Gasteiger partial charge in [0.05, 0.1) is 24.7 Å². The molecular weight excluding hydrogens is 410 g/mol. The van der Waals surface area contributed by atoms with Gasteiger partial charge in [0.2, 0.25) is 0 Å². The fraction of sp³-hybridized carbons (Fsp3) is 0.250. The lowest BCUT2D eigenvalue weighted by molar-refractivity contribution is -0.121. The highest BCUT2D eigenvalue weighted by Gasteiger charge is 2.14. The second kappa shape index (κ2) is 9.81. The third-order valence-corrected chi connectivity index (χ3v) is 5.93. The number of likely N-dealkylation sites (N-methyl/N-ethyl adjacent to an activating group) is 1. The molecule has 0 atom stereocenters. The highest BCUT2D eigenvalue weighted by atomic mass is 16.1. The van der Waals surface area contributed by atoms with E-state index in [0.29, 0.717) is 18.4 Å². The van der Waals surface area contributed by atoms with Crippen LogP contribution >= 0.6 is 0 Å². The van der Waals surface area contributed by atoms with E-state index in [-0.39, 0.29) is 24.7 Å². The van der Waals surface area contributed by atoms with Crippen LogP contribution in [0.5, 0.6) is 0 Å². The van der Waals surface area contributed by atoms with Gasteiger partial charge in [0.1, 0.15) is 0 Å². The van der Waals surface area contributed by atoms with Gasteiger partial charge >= 0.3 is 0 Å². The minimum Gasteiger partial charge on any atom is -0.341 e. The van der Waals surface area contributed by atoms with E-state index in [1.54, 1.807) is 36.2 Å². The number of rotatable bonds is 9. The van der Waals surface area contributed by atoms with E-state index in [1.165, 1.54) is 21.8 Å². The predicted molar refractivity (Wildman–Crippen MR) is 131 cm³/mol. The Hall–Kier alpha value is -3.75. The van der Waals surface area contributed by atoms with Crippen molar-refractivity contribution in [2.75, 3.05) is 20.1 Å². The smallest absolute Gasteiger partial charge is 0.151 e. The molecule has 4 rings (SSSR count). The molecule has 5 nitrogen and oxygen atoms in total. The molecule has 1 aromatic heterocycles. The van der Waals surface area contributed by atoms with Crippen LogP contribution in [0.15, 0.2) is 66.7 Å². The largest absolute Gasteiger partial charge is 0.341 e. The second-order valence-corrected chi connectivity index (χ2v) is 8.52. The fourth-order valence-corrected chi connectivity index (χ4v) is 4.47. The Balaban J connectivity index is 1.38. The molecule has 1 heterocycles. The van der Waals surface area contributed by atoms with Crippen molar-refractivity contribution in [3.8, 4) is 6.07 Å². The van der Waals surface area contributed by atoms with Gasteiger partial charge in [0.15, 0.2) is 11.6 Å². The van der Waals surface area contributed by atoms with Crippen LogP contribution in [0, 0.1) is 11.3 Å². The third-order valence-electron chi connectivity index (χ3n) is 5.93. The monoisotopic (exact) mass is 437 g/mol. The number of Topliss-reactive ketones (excluding diaryl/α,β-unsaturated/α-hetero) is 2. The van der Waals surface area contributed by atoms with Crippen molar-refractivity contribution in [3.63, 3.8) is 0 Å². The zero-order chi connectivity index (χ0) is 23.4. The van der Waals surface area contributed by atoms with Crippen molar-refractivity contribution < 1.29 is 9.59 Å². The number of nitriles is 1. The summed E-state index contributed by atoms with van der Waals surface area (Å²) in [4.78, 5) is 26.9. The van der Waals surface area contributed by atoms with Gasteiger partial charge in [-0.3, -0.25) is 14.5 Å². The summed E-state index contributed by atoms with van der Waals surface area (Å²) in [6, 6.07) is 23.7. The molecule has 0 aliphatic rings. The minimum atomic E-state index is 0.0452. The van der Waals surface area contributed by atoms with Crippen LogP contribution in [0.25, 0.3) is 21.8 Å². The molecule has 0 aliphatic carbocycles. The van der Waals surface area contributed by atoms with Crippen LogP contribution in [0.1, 0.15) is 23.6 Å². The van der Waals surface area contributed by atoms with Crippen molar-refractivity contribution in [3.05, 3.63) is 83.4 Å². The Morgan fingerprint density at radius 1 is 0.848 bits per heavy atom. The molecule has 0 unspecified atom stereocenters. The summed E-state index contributed by atoms with van der Waals surface area (Å²) in [6.07, 6.45) is 0.637. The number of para-hydroxylation sites is 1. The number of carbonyl (C=O) groups is 2. The first kappa shape index (κ1) is 22.4. The molecule has 33 heavy (non-hydrogen) atoms. The zero-order valence-electron chi connectivity index (χ0n) is 19.0. The van der Waals surface area contributed by atoms with E-state index >= 15 is 0 Å². The van der Waals surface area contributed by atoms with Gasteiger partial charge in [-0.2, -0.15) is 5.26 Å². The summed E-state index contributed by atoms with van der Waals surface area (Å²) >= 11 is 0. The fourth-order valence-electron chi connectivity index (χ4n) is 4.47. The first-order valence-electron chi connectivity index (χ1n) is 11.2. The second-order valence-electron chi connectivity index (χ2n) is 8.52. The number of aryl methyl sites for hydroxylation is 1. The molecule has 0 aliphatic heterocycles. The van der Waals surface area contributed by atoms with Crippen molar-refractivity contribution in [2.24, 2.45) is 0 Å². The van der Waals surface area contributed by atoms with Crippen molar-refractivity contribution in [1.82, 2.24) is 9.47 Å². The summed E-state index contributed by atoms with van der Waals surface area (Å²) in [6.45, 7) is 3.48. The Morgan fingerprint density at radius 3 is 2.12 bits per heavy atom. The molecule has 166 valence electrons. The van der Waals surface area contributed by atoms with Gasteiger partial charge in [-0.15, -0.1) is 0 Å². The number of aromatic nitrogens is 1. The van der Waals surface area contributed by atoms with Crippen LogP contribution < -0.4 is 0 Å². The molecule has 0 fully saturated rings. The highest BCUT2D eigenvalue weighted by molar-refractivity contribution is 6.08. The lowest BCUT2D eigenvalue weighted by atomic mass is 10.0. The quantitative estimate of drug-likeness (QED) is 0.386. The number of hydrogen-bond acceptors (Lipinski definition) is 4. The van der Waals surface area contributed by atoms with Gasteiger partial charge in [-0.05, 0) is 55.4 Å². The molecular formula is C28H27N3O2. The van der Waals surface area contributed by atoms with Crippen LogP contribution in [0.4, 0.5) is 0 Å². The van der Waals surface area contributed by atoms with Crippen LogP contribution in [-0.4, -0.2) is 41.2 Å². The molecule has 0 bridgehead atoms. The standard InChI is InChI=1S/C28H27N3O2/c1-3-31-27-7-5-4-6-25(27)26-16-22(12-13-28(26)31)15-24(33)19-30(2)18-23(32)14-20-8-10-21(17-29)11-9-20/h4-13,16H,3,14-15,18-19H2,1-2H3. The third kappa shape index (κ3) is 5.02. The van der Waals surface area contributed by atoms with Gasteiger partial charge in [-0.1, -0.05) is 36.4 Å². The normalized spacial score (nSPS) is 11.2. The Kier molecular flexibility index (Phi) is 6.67. The number of nitrogens with zero attached hydrogens (tertiary/aromatic N) is 3. The van der Waals surface area contributed by atoms with E-state index in [1.807, 2.05) is 12.1 Å². The van der Waals surface area contributed by atoms with Crippen molar-refractivity contribution in [2.45, 2.75) is 26.3 Å². The van der Waals surface area contributed by atoms with Gasteiger partial charge < -0.3 is 4.57 Å². The van der Waals surface area contributed by atoms with E-state index in [0.717, 1.165) is 17.7 Å². The lowest BCUT2D eigenvalue weighted by Crippen LogP contribution is -2.32. The number of carbonyl (C=O) groups excluding carboxylic acids is 2. The first-order chi connectivity index (χ1) is 16.0. The summed E-state index contributed by atoms with van der Waals surface area (Å²) in [5, 5.41) is 11.2. The van der Waals surface area contributed by atoms with Gasteiger partial charge in [0, 0.05) is 41.2 Å². The zero-order valence-corrected chi connectivity index (χ0v) is 19.0. The molecule has 5 heteroatoms. The minimum absolute atomic E-state index is 0.0452. The molecule has 3 aromatic carbocycles. The molecule has 4 aromatic rings.